The minimum atomic E-state index is 1.02. The number of hydrogen-bond acceptors (Lipinski definition) is 0. The van der Waals surface area contributed by atoms with Crippen LogP contribution in [0.25, 0.3) is 16.9 Å². The first-order valence-corrected chi connectivity index (χ1v) is 31.8. The number of aryl methyl sites for hydroxylation is 2. The summed E-state index contributed by atoms with van der Waals surface area (Å²) in [6, 6.07) is 18.2. The van der Waals surface area contributed by atoms with Gasteiger partial charge in [-0.1, -0.05) is 155 Å². The van der Waals surface area contributed by atoms with Crippen molar-refractivity contribution in [3.63, 3.8) is 0 Å². The fourth-order valence-corrected chi connectivity index (χ4v) is 11.8. The third-order valence-corrected chi connectivity index (χ3v) is 16.3. The van der Waals surface area contributed by atoms with E-state index in [2.05, 4.69) is 90.1 Å². The molecule has 0 amide bonds. The molecule has 2 nitrogen and oxygen atoms in total. The summed E-state index contributed by atoms with van der Waals surface area (Å²) < 4.78 is 1.60. The minimum absolute atomic E-state index is 1.02. The van der Waals surface area contributed by atoms with Gasteiger partial charge < -0.3 is 5.53 Å². The molecule has 0 aliphatic carbocycles. The van der Waals surface area contributed by atoms with Crippen LogP contribution in [-0.4, -0.2) is 4.70 Å². The summed E-state index contributed by atoms with van der Waals surface area (Å²) in [5.74, 6) is 0. The van der Waals surface area contributed by atoms with Gasteiger partial charge in [-0.25, -0.2) is 4.70 Å². The number of unbranched alkanes of at least 4 members (excludes halogenated alkanes) is 30. The van der Waals surface area contributed by atoms with E-state index in [0.29, 0.717) is 0 Å². The van der Waals surface area contributed by atoms with E-state index in [9.17, 15) is 5.53 Å². The van der Waals surface area contributed by atoms with Gasteiger partial charge in [0.1, 0.15) is 0 Å². The van der Waals surface area contributed by atoms with Gasteiger partial charge in [-0.15, -0.1) is 0 Å². The maximum atomic E-state index is 12.2. The zero-order valence-electron chi connectivity index (χ0n) is 45.5. The van der Waals surface area contributed by atoms with Gasteiger partial charge in [0, 0.05) is 22.3 Å². The van der Waals surface area contributed by atoms with Crippen molar-refractivity contribution in [2.24, 2.45) is 0 Å². The molecule has 0 atom stereocenters. The molecular weight excluding hydrogens is 903 g/mol. The van der Waals surface area contributed by atoms with Gasteiger partial charge in [-0.05, 0) is 86.8 Å². The Balaban J connectivity index is 0.000000617. The van der Waals surface area contributed by atoms with Crippen molar-refractivity contribution >= 4 is 11.4 Å². The van der Waals surface area contributed by atoms with Crippen LogP contribution >= 0.6 is 0 Å². The van der Waals surface area contributed by atoms with Crippen LogP contribution in [0, 0.1) is 0 Å². The van der Waals surface area contributed by atoms with E-state index < -0.39 is 0 Å². The van der Waals surface area contributed by atoms with E-state index in [0.717, 1.165) is 67.9 Å². The van der Waals surface area contributed by atoms with Gasteiger partial charge in [0.05, 0.1) is 0 Å². The average molecular weight is 1010 g/mol. The third kappa shape index (κ3) is 29.2. The normalized spacial score (nSPS) is 12.8. The Morgan fingerprint density at radius 3 is 0.955 bits per heavy atom. The molecule has 0 bridgehead atoms. The van der Waals surface area contributed by atoms with E-state index in [1.165, 1.54) is 252 Å². The zero-order valence-corrected chi connectivity index (χ0v) is 47.1. The number of rotatable bonds is 44. The number of allylic oxidation sites excluding steroid dienone is 2. The number of benzene rings is 2. The Kier molecular flexibility index (Phi) is 40.4. The SMILES string of the molecule is CCCCCCCCC1=C(c2cccc(CCCCCCCC)c2)[N+](=[N-])C(c2cccc(CCCCCCCC)c2)=C1CCCC.CCCCCCCCC[CH2][Pd][CH2]CCCCCCCCC. The molecule has 2 aromatic rings. The van der Waals surface area contributed by atoms with Crippen LogP contribution in [0.5, 0.6) is 0 Å². The zero-order chi connectivity index (χ0) is 48.3. The monoisotopic (exact) mass is 1010 g/mol. The summed E-state index contributed by atoms with van der Waals surface area (Å²) in [5, 5.41) is 0. The van der Waals surface area contributed by atoms with Crippen LogP contribution in [-0.2, 0) is 30.8 Å². The van der Waals surface area contributed by atoms with Gasteiger partial charge >= 0.3 is 144 Å². The summed E-state index contributed by atoms with van der Waals surface area (Å²) >= 11 is 1.07. The molecule has 0 radical (unpaired) electrons. The van der Waals surface area contributed by atoms with Gasteiger partial charge in [0.15, 0.2) is 0 Å². The molecule has 0 fully saturated rings. The molecule has 0 unspecified atom stereocenters. The molecule has 0 saturated carbocycles. The number of hydrogen-bond donors (Lipinski definition) is 0. The van der Waals surface area contributed by atoms with E-state index in [-0.39, 0.29) is 0 Å². The first kappa shape index (κ1) is 61.3. The fourth-order valence-electron chi connectivity index (χ4n) is 9.85. The van der Waals surface area contributed by atoms with Crippen LogP contribution in [0.1, 0.15) is 308 Å². The molecule has 386 valence electrons. The Hall–Kier alpha value is -1.82. The molecule has 1 heterocycles. The van der Waals surface area contributed by atoms with Crippen molar-refractivity contribution < 1.29 is 22.7 Å². The summed E-state index contributed by atoms with van der Waals surface area (Å²) in [4.78, 5) is 3.08. The van der Waals surface area contributed by atoms with Gasteiger partial charge in [-0.3, -0.25) is 0 Å². The molecule has 1 aliphatic rings. The summed E-state index contributed by atoms with van der Waals surface area (Å²) in [6.07, 6.45) is 53.7. The van der Waals surface area contributed by atoms with Crippen molar-refractivity contribution in [1.29, 1.82) is 0 Å². The van der Waals surface area contributed by atoms with Crippen molar-refractivity contribution in [3.05, 3.63) is 87.5 Å². The Bertz CT molecular complexity index is 1520. The Morgan fingerprint density at radius 2 is 0.612 bits per heavy atom. The Morgan fingerprint density at radius 1 is 0.328 bits per heavy atom. The molecule has 0 aromatic heterocycles. The third-order valence-electron chi connectivity index (χ3n) is 14.1. The molecule has 0 N–H and O–H groups in total. The first-order valence-electron chi connectivity index (χ1n) is 29.6. The molecule has 3 heteroatoms. The standard InChI is InChI=1S/C44H68N2.2C10H21.Pd/c1-5-9-13-16-19-22-27-37-29-25-31-39(35-37)43-41(33-12-8-4)42(34-24-21-18-15-11-7-3)44(46(43)45)40-32-26-30-38(36-40)28-23-20-17-14-10-6-2;2*1-3-5-7-9-10-8-6-4-2;/h25-26,29-32,35-36H,5-24,27-28,33-34H2,1-4H3;2*1,3-10H2,2H3;. The van der Waals surface area contributed by atoms with Crippen LogP contribution in [0.15, 0.2) is 59.7 Å². The molecule has 2 aromatic carbocycles. The predicted octanol–water partition coefficient (Wildman–Crippen LogP) is 22.8. The van der Waals surface area contributed by atoms with Crippen LogP contribution in [0.2, 0.25) is 9.79 Å². The second-order valence-corrected chi connectivity index (χ2v) is 22.8. The molecule has 1 aliphatic heterocycles. The summed E-state index contributed by atoms with van der Waals surface area (Å²) in [7, 11) is 0. The predicted molar refractivity (Wildman–Crippen MR) is 297 cm³/mol. The van der Waals surface area contributed by atoms with Crippen LogP contribution < -0.4 is 0 Å². The molecular formula is C64H110N2Pd. The molecule has 67 heavy (non-hydrogen) atoms. The van der Waals surface area contributed by atoms with Gasteiger partial charge in [-0.2, -0.15) is 0 Å². The molecule has 0 spiro atoms. The summed E-state index contributed by atoms with van der Waals surface area (Å²) in [5.41, 5.74) is 22.2. The van der Waals surface area contributed by atoms with E-state index in [4.69, 9.17) is 0 Å². The van der Waals surface area contributed by atoms with Crippen molar-refractivity contribution in [3.8, 4) is 0 Å². The van der Waals surface area contributed by atoms with Gasteiger partial charge in [0.2, 0.25) is 11.4 Å². The van der Waals surface area contributed by atoms with Crippen molar-refractivity contribution in [2.75, 3.05) is 0 Å². The first-order chi connectivity index (χ1) is 33.1. The van der Waals surface area contributed by atoms with Crippen LogP contribution in [0.3, 0.4) is 0 Å². The van der Waals surface area contributed by atoms with E-state index in [1.54, 1.807) is 14.5 Å². The fraction of sp³-hybridized carbons (Fsp3) is 0.750. The second-order valence-electron chi connectivity index (χ2n) is 20.4. The maximum absolute atomic E-state index is 12.2. The molecule has 0 saturated heterocycles. The molecule has 3 rings (SSSR count). The van der Waals surface area contributed by atoms with E-state index >= 15 is 0 Å². The quantitative estimate of drug-likeness (QED) is 0.0359. The second kappa shape index (κ2) is 44.1. The van der Waals surface area contributed by atoms with Gasteiger partial charge in [0.25, 0.3) is 0 Å². The van der Waals surface area contributed by atoms with E-state index in [1.807, 2.05) is 0 Å². The number of nitrogens with zero attached hydrogens (tertiary/aromatic N) is 2. The van der Waals surface area contributed by atoms with Crippen LogP contribution in [0.4, 0.5) is 0 Å². The van der Waals surface area contributed by atoms with Crippen molar-refractivity contribution in [2.45, 2.75) is 308 Å². The topological polar surface area (TPSA) is 25.3 Å². The van der Waals surface area contributed by atoms with Crippen molar-refractivity contribution in [1.82, 2.24) is 0 Å². The average Bonchev–Trinajstić information content (AvgIpc) is 3.62. The summed E-state index contributed by atoms with van der Waals surface area (Å²) in [6.45, 7) is 13.8. The Labute approximate surface area is 427 Å².